The Morgan fingerprint density at radius 1 is 1.25 bits per heavy atom. The number of hydrogen-bond donors (Lipinski definition) is 0. The number of esters is 1. The molecule has 1 aromatic carbocycles. The van der Waals surface area contributed by atoms with Crippen molar-refractivity contribution in [2.24, 2.45) is 4.99 Å². The molecule has 5 heteroatoms. The molecule has 0 radical (unpaired) electrons. The van der Waals surface area contributed by atoms with Gasteiger partial charge in [-0.3, -0.25) is 0 Å². The van der Waals surface area contributed by atoms with E-state index in [1.165, 1.54) is 11.3 Å². The van der Waals surface area contributed by atoms with E-state index in [1.807, 2.05) is 31.2 Å². The highest BCUT2D eigenvalue weighted by atomic mass is 32.1. The van der Waals surface area contributed by atoms with Crippen molar-refractivity contribution in [3.05, 3.63) is 45.8 Å². The van der Waals surface area contributed by atoms with Crippen LogP contribution < -0.4 is 4.74 Å². The summed E-state index contributed by atoms with van der Waals surface area (Å²) in [5.41, 5.74) is 2.78. The molecule has 0 fully saturated rings. The number of rotatable bonds is 5. The zero-order valence-corrected chi connectivity index (χ0v) is 14.8. The summed E-state index contributed by atoms with van der Waals surface area (Å²) in [7, 11) is 1.64. The lowest BCUT2D eigenvalue weighted by Gasteiger charge is -2.11. The van der Waals surface area contributed by atoms with Crippen LogP contribution in [0.15, 0.2) is 29.3 Å². The first-order valence-electron chi connectivity index (χ1n) is 8.22. The number of benzene rings is 1. The largest absolute Gasteiger partial charge is 0.497 e. The molecular formula is C19H21NO3S. The van der Waals surface area contributed by atoms with E-state index in [0.717, 1.165) is 41.1 Å². The maximum Gasteiger partial charge on any atom is 0.341 e. The van der Waals surface area contributed by atoms with Gasteiger partial charge in [0.25, 0.3) is 0 Å². The lowest BCUT2D eigenvalue weighted by atomic mass is 9.95. The third-order valence-corrected chi connectivity index (χ3v) is 5.28. The third-order valence-electron chi connectivity index (χ3n) is 4.08. The minimum Gasteiger partial charge on any atom is -0.497 e. The van der Waals surface area contributed by atoms with Crippen molar-refractivity contribution < 1.29 is 14.3 Å². The van der Waals surface area contributed by atoms with E-state index in [0.29, 0.717) is 12.2 Å². The van der Waals surface area contributed by atoms with Gasteiger partial charge in [-0.05, 0) is 68.0 Å². The van der Waals surface area contributed by atoms with Gasteiger partial charge in [-0.1, -0.05) is 0 Å². The first-order valence-corrected chi connectivity index (χ1v) is 9.04. The topological polar surface area (TPSA) is 47.9 Å². The van der Waals surface area contributed by atoms with E-state index in [4.69, 9.17) is 9.47 Å². The first-order chi connectivity index (χ1) is 11.7. The lowest BCUT2D eigenvalue weighted by Crippen LogP contribution is -2.09. The molecule has 0 aliphatic heterocycles. The summed E-state index contributed by atoms with van der Waals surface area (Å²) >= 11 is 1.62. The first kappa shape index (κ1) is 16.7. The molecule has 1 aliphatic rings. The molecule has 0 bridgehead atoms. The number of aliphatic imine (C=N–C) groups is 1. The second-order valence-corrected chi connectivity index (χ2v) is 6.73. The Labute approximate surface area is 146 Å². The average Bonchev–Trinajstić information content (AvgIpc) is 2.99. The van der Waals surface area contributed by atoms with Crippen LogP contribution in [0.1, 0.15) is 46.1 Å². The Kier molecular flexibility index (Phi) is 5.30. The number of hydrogen-bond acceptors (Lipinski definition) is 5. The van der Waals surface area contributed by atoms with Gasteiger partial charge in [-0.2, -0.15) is 0 Å². The SMILES string of the molecule is CCOC(=O)c1c(/N=C/c2ccc(OC)cc2)sc2c1CCCC2. The number of nitrogens with zero attached hydrogens (tertiary/aromatic N) is 1. The summed E-state index contributed by atoms with van der Waals surface area (Å²) in [6.45, 7) is 2.21. The van der Waals surface area contributed by atoms with Crippen LogP contribution in [0.5, 0.6) is 5.75 Å². The fourth-order valence-corrected chi connectivity index (χ4v) is 4.10. The van der Waals surface area contributed by atoms with Crippen LogP contribution in [0.3, 0.4) is 0 Å². The molecule has 24 heavy (non-hydrogen) atoms. The summed E-state index contributed by atoms with van der Waals surface area (Å²) < 4.78 is 10.4. The minimum absolute atomic E-state index is 0.251. The van der Waals surface area contributed by atoms with Crippen molar-refractivity contribution >= 4 is 28.5 Å². The fourth-order valence-electron chi connectivity index (χ4n) is 2.88. The highest BCUT2D eigenvalue weighted by Gasteiger charge is 2.25. The Morgan fingerprint density at radius 3 is 2.71 bits per heavy atom. The van der Waals surface area contributed by atoms with Crippen molar-refractivity contribution in [1.82, 2.24) is 0 Å². The van der Waals surface area contributed by atoms with Crippen molar-refractivity contribution in [3.8, 4) is 5.75 Å². The normalized spacial score (nSPS) is 13.8. The van der Waals surface area contributed by atoms with E-state index in [-0.39, 0.29) is 5.97 Å². The number of ether oxygens (including phenoxy) is 2. The number of carbonyl (C=O) groups is 1. The Balaban J connectivity index is 1.92. The number of aryl methyl sites for hydroxylation is 1. The Morgan fingerprint density at radius 2 is 2.00 bits per heavy atom. The summed E-state index contributed by atoms with van der Waals surface area (Å²) in [5.74, 6) is 0.560. The summed E-state index contributed by atoms with van der Waals surface area (Å²) in [6, 6.07) is 7.68. The molecule has 0 N–H and O–H groups in total. The van der Waals surface area contributed by atoms with Gasteiger partial charge in [-0.25, -0.2) is 9.79 Å². The molecule has 0 saturated carbocycles. The molecule has 2 aromatic rings. The van der Waals surface area contributed by atoms with Crippen LogP contribution >= 0.6 is 11.3 Å². The molecule has 1 heterocycles. The van der Waals surface area contributed by atoms with E-state index in [9.17, 15) is 4.79 Å². The van der Waals surface area contributed by atoms with Crippen LogP contribution in [-0.4, -0.2) is 25.9 Å². The highest BCUT2D eigenvalue weighted by Crippen LogP contribution is 2.40. The molecule has 1 aliphatic carbocycles. The van der Waals surface area contributed by atoms with E-state index < -0.39 is 0 Å². The van der Waals surface area contributed by atoms with Gasteiger partial charge in [0.2, 0.25) is 0 Å². The lowest BCUT2D eigenvalue weighted by molar-refractivity contribution is 0.0526. The number of thiophene rings is 1. The predicted octanol–water partition coefficient (Wildman–Crippen LogP) is 4.56. The van der Waals surface area contributed by atoms with E-state index in [1.54, 1.807) is 24.7 Å². The van der Waals surface area contributed by atoms with Gasteiger partial charge in [0.1, 0.15) is 10.8 Å². The van der Waals surface area contributed by atoms with Gasteiger partial charge < -0.3 is 9.47 Å². The average molecular weight is 343 g/mol. The van der Waals surface area contributed by atoms with Crippen molar-refractivity contribution in [3.63, 3.8) is 0 Å². The summed E-state index contributed by atoms with van der Waals surface area (Å²) in [6.07, 6.45) is 6.07. The Bertz CT molecular complexity index is 747. The molecule has 4 nitrogen and oxygen atoms in total. The number of methoxy groups -OCH3 is 1. The zero-order chi connectivity index (χ0) is 16.9. The van der Waals surface area contributed by atoms with Crippen LogP contribution in [-0.2, 0) is 17.6 Å². The minimum atomic E-state index is -0.251. The molecule has 126 valence electrons. The van der Waals surface area contributed by atoms with Crippen LogP contribution in [0.25, 0.3) is 0 Å². The molecule has 0 unspecified atom stereocenters. The van der Waals surface area contributed by atoms with Gasteiger partial charge in [0, 0.05) is 11.1 Å². The fraction of sp³-hybridized carbons (Fsp3) is 0.368. The zero-order valence-electron chi connectivity index (χ0n) is 14.0. The molecule has 0 amide bonds. The van der Waals surface area contributed by atoms with Gasteiger partial charge in [-0.15, -0.1) is 11.3 Å². The molecule has 1 aromatic heterocycles. The highest BCUT2D eigenvalue weighted by molar-refractivity contribution is 7.16. The second-order valence-electron chi connectivity index (χ2n) is 5.64. The van der Waals surface area contributed by atoms with Gasteiger partial charge in [0.15, 0.2) is 0 Å². The molecule has 0 atom stereocenters. The van der Waals surface area contributed by atoms with Crippen LogP contribution in [0, 0.1) is 0 Å². The van der Waals surface area contributed by atoms with E-state index >= 15 is 0 Å². The van der Waals surface area contributed by atoms with Crippen molar-refractivity contribution in [1.29, 1.82) is 0 Å². The maximum absolute atomic E-state index is 12.4. The van der Waals surface area contributed by atoms with Gasteiger partial charge >= 0.3 is 5.97 Å². The van der Waals surface area contributed by atoms with E-state index in [2.05, 4.69) is 4.99 Å². The quantitative estimate of drug-likeness (QED) is 0.590. The number of carbonyl (C=O) groups excluding carboxylic acids is 1. The summed E-state index contributed by atoms with van der Waals surface area (Å²) in [4.78, 5) is 18.3. The monoisotopic (exact) mass is 343 g/mol. The van der Waals surface area contributed by atoms with Crippen LogP contribution in [0.2, 0.25) is 0 Å². The smallest absolute Gasteiger partial charge is 0.341 e. The maximum atomic E-state index is 12.4. The molecule has 0 spiro atoms. The predicted molar refractivity (Wildman–Crippen MR) is 97.2 cm³/mol. The standard InChI is InChI=1S/C19H21NO3S/c1-3-23-19(21)17-15-6-4-5-7-16(15)24-18(17)20-12-13-8-10-14(22-2)11-9-13/h8-12H,3-7H2,1-2H3/b20-12+. The molecule has 0 saturated heterocycles. The molecular weight excluding hydrogens is 322 g/mol. The number of fused-ring (bicyclic) bond motifs is 1. The van der Waals surface area contributed by atoms with Gasteiger partial charge in [0.05, 0.1) is 19.3 Å². The summed E-state index contributed by atoms with van der Waals surface area (Å²) in [5, 5.41) is 0.760. The second kappa shape index (κ2) is 7.62. The van der Waals surface area contributed by atoms with Crippen molar-refractivity contribution in [2.75, 3.05) is 13.7 Å². The van der Waals surface area contributed by atoms with Crippen molar-refractivity contribution in [2.45, 2.75) is 32.6 Å². The Hall–Kier alpha value is -2.14. The molecule has 3 rings (SSSR count). The van der Waals surface area contributed by atoms with Crippen LogP contribution in [0.4, 0.5) is 5.00 Å². The third kappa shape index (κ3) is 3.51.